The largest absolute Gasteiger partial charge is 0.508 e. The number of nitrogens with zero attached hydrogens (tertiary/aromatic N) is 1. The Morgan fingerprint density at radius 1 is 1.56 bits per heavy atom. The zero-order chi connectivity index (χ0) is 11.9. The Hall–Kier alpha value is -1.62. The molecule has 0 aliphatic heterocycles. The number of aromatic hydroxyl groups is 1. The molecule has 1 fully saturated rings. The predicted octanol–water partition coefficient (Wildman–Crippen LogP) is 1.68. The number of nitrogens with two attached hydrogens (primary N) is 1. The van der Waals surface area contributed by atoms with E-state index in [0.717, 1.165) is 12.8 Å². The highest BCUT2D eigenvalue weighted by molar-refractivity contribution is 5.52. The fraction of sp³-hybridized carbons (Fsp3) is 0.455. The van der Waals surface area contributed by atoms with Gasteiger partial charge in [-0.15, -0.1) is 0 Å². The van der Waals surface area contributed by atoms with E-state index in [0.29, 0.717) is 5.56 Å². The third kappa shape index (κ3) is 1.53. The number of phenols is 1. The minimum Gasteiger partial charge on any atom is -0.508 e. The quantitative estimate of drug-likeness (QED) is 0.601. The van der Waals surface area contributed by atoms with Crippen LogP contribution in [0.1, 0.15) is 25.3 Å². The fourth-order valence-corrected chi connectivity index (χ4v) is 2.19. The number of benzene rings is 1. The van der Waals surface area contributed by atoms with E-state index in [4.69, 9.17) is 5.73 Å². The van der Waals surface area contributed by atoms with Crippen molar-refractivity contribution in [2.24, 2.45) is 5.73 Å². The second-order valence-electron chi connectivity index (χ2n) is 4.40. The van der Waals surface area contributed by atoms with E-state index >= 15 is 0 Å². The Labute approximate surface area is 93.0 Å². The molecule has 0 saturated heterocycles. The molecule has 1 atom stereocenters. The normalized spacial score (nSPS) is 19.1. The number of rotatable bonds is 3. The second-order valence-corrected chi connectivity index (χ2v) is 4.40. The molecule has 1 aliphatic rings. The Balaban J connectivity index is 2.54. The molecule has 0 heterocycles. The van der Waals surface area contributed by atoms with Crippen molar-refractivity contribution in [1.29, 1.82) is 0 Å². The molecule has 1 saturated carbocycles. The lowest BCUT2D eigenvalue weighted by Crippen LogP contribution is -2.32. The van der Waals surface area contributed by atoms with Crippen LogP contribution in [0.15, 0.2) is 18.2 Å². The summed E-state index contributed by atoms with van der Waals surface area (Å²) in [5, 5.41) is 20.3. The van der Waals surface area contributed by atoms with Crippen LogP contribution >= 0.6 is 0 Å². The van der Waals surface area contributed by atoms with Crippen LogP contribution in [0.25, 0.3) is 0 Å². The number of hydrogen-bond donors (Lipinski definition) is 2. The van der Waals surface area contributed by atoms with Crippen LogP contribution in [0.2, 0.25) is 0 Å². The third-order valence-electron chi connectivity index (χ3n) is 3.37. The summed E-state index contributed by atoms with van der Waals surface area (Å²) in [5.41, 5.74) is 6.17. The maximum absolute atomic E-state index is 10.9. The summed E-state index contributed by atoms with van der Waals surface area (Å²) in [5.74, 6) is 0.0486. The molecule has 1 aliphatic carbocycles. The van der Waals surface area contributed by atoms with Gasteiger partial charge in [0.2, 0.25) is 0 Å². The van der Waals surface area contributed by atoms with Gasteiger partial charge in [0.25, 0.3) is 5.69 Å². The highest BCUT2D eigenvalue weighted by Crippen LogP contribution is 2.53. The SMILES string of the molecule is CC(N)C1(c2cc(O)ccc2[N+](=O)[O-])CC1. The first-order valence-electron chi connectivity index (χ1n) is 5.21. The van der Waals surface area contributed by atoms with E-state index in [1.54, 1.807) is 0 Å². The van der Waals surface area contributed by atoms with Gasteiger partial charge in [-0.25, -0.2) is 0 Å². The first-order chi connectivity index (χ1) is 7.47. The first-order valence-corrected chi connectivity index (χ1v) is 5.21. The van der Waals surface area contributed by atoms with Gasteiger partial charge in [0, 0.05) is 23.1 Å². The minimum atomic E-state index is -0.419. The Kier molecular flexibility index (Phi) is 2.35. The van der Waals surface area contributed by atoms with Crippen molar-refractivity contribution in [3.8, 4) is 5.75 Å². The number of hydrogen-bond acceptors (Lipinski definition) is 4. The lowest BCUT2D eigenvalue weighted by atomic mass is 9.88. The molecule has 1 aromatic carbocycles. The molecule has 1 unspecified atom stereocenters. The minimum absolute atomic E-state index is 0.0486. The Morgan fingerprint density at radius 3 is 2.62 bits per heavy atom. The highest BCUT2D eigenvalue weighted by atomic mass is 16.6. The molecular formula is C11H14N2O3. The van der Waals surface area contributed by atoms with Crippen molar-refractivity contribution in [3.05, 3.63) is 33.9 Å². The average Bonchev–Trinajstić information content (AvgIpc) is 2.97. The van der Waals surface area contributed by atoms with Gasteiger partial charge in [-0.05, 0) is 31.9 Å². The van der Waals surface area contributed by atoms with Crippen LogP contribution in [0.4, 0.5) is 5.69 Å². The molecule has 0 amide bonds. The summed E-state index contributed by atoms with van der Waals surface area (Å²) in [6, 6.07) is 3.99. The lowest BCUT2D eigenvalue weighted by Gasteiger charge is -2.19. The van der Waals surface area contributed by atoms with Gasteiger partial charge < -0.3 is 10.8 Å². The Bertz CT molecular complexity index is 439. The van der Waals surface area contributed by atoms with E-state index in [1.165, 1.54) is 18.2 Å². The number of phenolic OH excluding ortho intramolecular Hbond substituents is 1. The summed E-state index contributed by atoms with van der Waals surface area (Å²) in [7, 11) is 0. The standard InChI is InChI=1S/C11H14N2O3/c1-7(12)11(4-5-11)9-6-8(14)2-3-10(9)13(15)16/h2-3,6-7,14H,4-5,12H2,1H3. The zero-order valence-electron chi connectivity index (χ0n) is 9.01. The van der Waals surface area contributed by atoms with Gasteiger partial charge >= 0.3 is 0 Å². The highest BCUT2D eigenvalue weighted by Gasteiger charge is 2.50. The Morgan fingerprint density at radius 2 is 2.19 bits per heavy atom. The maximum Gasteiger partial charge on any atom is 0.273 e. The summed E-state index contributed by atoms with van der Waals surface area (Å²) in [6.45, 7) is 1.85. The molecule has 3 N–H and O–H groups in total. The topological polar surface area (TPSA) is 89.4 Å². The monoisotopic (exact) mass is 222 g/mol. The fourth-order valence-electron chi connectivity index (χ4n) is 2.19. The van der Waals surface area contributed by atoms with Gasteiger partial charge in [-0.3, -0.25) is 10.1 Å². The van der Waals surface area contributed by atoms with Crippen molar-refractivity contribution in [2.75, 3.05) is 0 Å². The van der Waals surface area contributed by atoms with Gasteiger partial charge in [-0.1, -0.05) is 0 Å². The second kappa shape index (κ2) is 3.45. The van der Waals surface area contributed by atoms with E-state index in [9.17, 15) is 15.2 Å². The summed E-state index contributed by atoms with van der Waals surface area (Å²) in [4.78, 5) is 10.5. The van der Waals surface area contributed by atoms with Crippen LogP contribution in [0, 0.1) is 10.1 Å². The average molecular weight is 222 g/mol. The molecule has 0 bridgehead atoms. The molecular weight excluding hydrogens is 208 g/mol. The molecule has 0 spiro atoms. The van der Waals surface area contributed by atoms with Gasteiger partial charge in [-0.2, -0.15) is 0 Å². The van der Waals surface area contributed by atoms with Crippen molar-refractivity contribution in [2.45, 2.75) is 31.2 Å². The third-order valence-corrected chi connectivity index (χ3v) is 3.37. The van der Waals surface area contributed by atoms with Gasteiger partial charge in [0.15, 0.2) is 0 Å². The zero-order valence-corrected chi connectivity index (χ0v) is 9.01. The van der Waals surface area contributed by atoms with E-state index in [2.05, 4.69) is 0 Å². The van der Waals surface area contributed by atoms with Crippen molar-refractivity contribution in [3.63, 3.8) is 0 Å². The predicted molar refractivity (Wildman–Crippen MR) is 59.3 cm³/mol. The number of nitro groups is 1. The van der Waals surface area contributed by atoms with Crippen molar-refractivity contribution < 1.29 is 10.0 Å². The summed E-state index contributed by atoms with van der Waals surface area (Å²) >= 11 is 0. The molecule has 0 aromatic heterocycles. The number of nitro benzene ring substituents is 1. The molecule has 86 valence electrons. The maximum atomic E-state index is 10.9. The summed E-state index contributed by atoms with van der Waals surface area (Å²) < 4.78 is 0. The van der Waals surface area contributed by atoms with Crippen LogP contribution < -0.4 is 5.73 Å². The van der Waals surface area contributed by atoms with Crippen LogP contribution in [0.3, 0.4) is 0 Å². The van der Waals surface area contributed by atoms with E-state index in [1.807, 2.05) is 6.92 Å². The smallest absolute Gasteiger partial charge is 0.273 e. The molecule has 1 aromatic rings. The van der Waals surface area contributed by atoms with Crippen molar-refractivity contribution >= 4 is 5.69 Å². The van der Waals surface area contributed by atoms with E-state index in [-0.39, 0.29) is 22.9 Å². The summed E-state index contributed by atoms with van der Waals surface area (Å²) in [6.07, 6.45) is 1.68. The van der Waals surface area contributed by atoms with Gasteiger partial charge in [0.05, 0.1) is 4.92 Å². The molecule has 16 heavy (non-hydrogen) atoms. The van der Waals surface area contributed by atoms with Gasteiger partial charge in [0.1, 0.15) is 5.75 Å². The van der Waals surface area contributed by atoms with E-state index < -0.39 is 4.92 Å². The molecule has 5 heteroatoms. The molecule has 2 rings (SSSR count). The van der Waals surface area contributed by atoms with Crippen LogP contribution in [-0.4, -0.2) is 16.1 Å². The van der Waals surface area contributed by atoms with Crippen LogP contribution in [-0.2, 0) is 5.41 Å². The van der Waals surface area contributed by atoms with Crippen LogP contribution in [0.5, 0.6) is 5.75 Å². The molecule has 0 radical (unpaired) electrons. The molecule has 5 nitrogen and oxygen atoms in total. The lowest BCUT2D eigenvalue weighted by molar-refractivity contribution is -0.385. The van der Waals surface area contributed by atoms with Crippen molar-refractivity contribution in [1.82, 2.24) is 0 Å². The first kappa shape index (κ1) is 10.9.